The topological polar surface area (TPSA) is 112 Å². The van der Waals surface area contributed by atoms with Crippen LogP contribution in [0, 0.1) is 22.7 Å². The molecule has 0 atom stereocenters. The summed E-state index contributed by atoms with van der Waals surface area (Å²) in [5.41, 5.74) is 23.8. The van der Waals surface area contributed by atoms with Crippen molar-refractivity contribution in [2.24, 2.45) is 0 Å². The Bertz CT molecular complexity index is 7350. The van der Waals surface area contributed by atoms with Crippen molar-refractivity contribution < 1.29 is 0 Å². The van der Waals surface area contributed by atoms with Crippen molar-refractivity contribution >= 4 is 143 Å². The molecule has 0 saturated carbocycles. The molecular formula is C88H50N12. The molecule has 100 heavy (non-hydrogen) atoms. The van der Waals surface area contributed by atoms with Gasteiger partial charge in [0, 0.05) is 60.0 Å². The van der Waals surface area contributed by atoms with Gasteiger partial charge in [-0.15, -0.1) is 0 Å². The Morgan fingerprint density at radius 3 is 1.14 bits per heavy atom. The van der Waals surface area contributed by atoms with Crippen LogP contribution in [-0.2, 0) is 0 Å². The number of nitriles is 2. The Kier molecular flexibility index (Phi) is 10.9. The van der Waals surface area contributed by atoms with Crippen molar-refractivity contribution in [3.63, 3.8) is 0 Å². The molecule has 0 aliphatic heterocycles. The summed E-state index contributed by atoms with van der Waals surface area (Å²) in [5.74, 6) is 1.50. The van der Waals surface area contributed by atoms with Crippen LogP contribution in [0.25, 0.3) is 188 Å². The summed E-state index contributed by atoms with van der Waals surface area (Å²) < 4.78 is 18.1. The van der Waals surface area contributed by atoms with Gasteiger partial charge in [-0.05, 0) is 145 Å². The van der Waals surface area contributed by atoms with Crippen LogP contribution in [0.2, 0.25) is 0 Å². The van der Waals surface area contributed by atoms with E-state index in [0.29, 0.717) is 16.9 Å². The van der Waals surface area contributed by atoms with E-state index in [1.165, 1.54) is 10.8 Å². The van der Waals surface area contributed by atoms with Crippen molar-refractivity contribution in [3.05, 3.63) is 314 Å². The van der Waals surface area contributed by atoms with Gasteiger partial charge in [0.25, 0.3) is 0 Å². The number of benzene rings is 14. The number of hydrogen-bond acceptors (Lipinski definition) is 4. The molecule has 0 bridgehead atoms. The smallest absolute Gasteiger partial charge is 0.220 e. The van der Waals surface area contributed by atoms with Crippen molar-refractivity contribution in [2.75, 3.05) is 0 Å². The molecule has 462 valence electrons. The third-order valence-electron chi connectivity index (χ3n) is 21.0. The van der Waals surface area contributed by atoms with Gasteiger partial charge in [0.1, 0.15) is 23.3 Å². The number of fused-ring (bicyclic) bond motifs is 22. The number of para-hydroxylation sites is 12. The van der Waals surface area contributed by atoms with Gasteiger partial charge in [-0.1, -0.05) is 164 Å². The molecule has 14 aromatic carbocycles. The summed E-state index contributed by atoms with van der Waals surface area (Å²) in [6, 6.07) is 112. The molecular weight excluding hydrogens is 1230 g/mol. The molecule has 22 aromatic rings. The van der Waals surface area contributed by atoms with E-state index < -0.39 is 0 Å². The molecule has 0 fully saturated rings. The molecule has 0 spiro atoms. The summed E-state index contributed by atoms with van der Waals surface area (Å²) in [6.45, 7) is 0. The second-order valence-electron chi connectivity index (χ2n) is 25.9. The van der Waals surface area contributed by atoms with Gasteiger partial charge >= 0.3 is 0 Å². The van der Waals surface area contributed by atoms with E-state index in [2.05, 4.69) is 321 Å². The molecule has 0 aliphatic carbocycles. The van der Waals surface area contributed by atoms with Crippen LogP contribution in [0.1, 0.15) is 11.1 Å². The summed E-state index contributed by atoms with van der Waals surface area (Å²) in [7, 11) is 0. The summed E-state index contributed by atoms with van der Waals surface area (Å²) in [6.07, 6.45) is 0. The Morgan fingerprint density at radius 2 is 0.610 bits per heavy atom. The highest BCUT2D eigenvalue weighted by molar-refractivity contribution is 6.15. The summed E-state index contributed by atoms with van der Waals surface area (Å²) in [5, 5.41) is 32.3. The number of imidazole rings is 4. The van der Waals surface area contributed by atoms with E-state index in [1.54, 1.807) is 0 Å². The molecule has 0 N–H and O–H groups in total. The number of rotatable bonds is 7. The van der Waals surface area contributed by atoms with Gasteiger partial charge < -0.3 is 18.3 Å². The highest BCUT2D eigenvalue weighted by Gasteiger charge is 2.28. The first-order valence-corrected chi connectivity index (χ1v) is 33.5. The van der Waals surface area contributed by atoms with E-state index in [1.807, 2.05) is 30.3 Å². The maximum atomic E-state index is 12.0. The zero-order valence-electron chi connectivity index (χ0n) is 53.2. The quantitative estimate of drug-likeness (QED) is 0.158. The van der Waals surface area contributed by atoms with Crippen LogP contribution in [0.5, 0.6) is 0 Å². The number of hydrogen-bond donors (Lipinski definition) is 0. The van der Waals surface area contributed by atoms with Crippen LogP contribution in [0.15, 0.2) is 303 Å². The second kappa shape index (κ2) is 20.2. The molecule has 22 rings (SSSR count). The van der Waals surface area contributed by atoms with Crippen LogP contribution in [0.4, 0.5) is 0 Å². The average molecular weight is 1280 g/mol. The van der Waals surface area contributed by atoms with E-state index >= 15 is 0 Å². The standard InChI is InChI=1S/C88H50N12/c89-51-65-73(96-72-31-11-5-24-61(72)63-49-54(43-46-77(63)96)93-68-27-7-1-20-57(68)58-21-2-8-28-69(58)93)37-18-39-75(65)97-78-47-44-55(94-80-33-13-14-34-81(80)99-79-32-12-6-26-67(79)91-87(94)99)50-64(78)62-45-42-53(48-85(62)97)56-25-17-41-84-86(56)92-88-98(82-35-15-16-36-83(82)100(84)88)76-40-19-38-74(66(76)52-90)95-70-29-9-3-22-59(70)60-23-4-10-30-71(60)95/h1-50H. The molecule has 0 unspecified atom stereocenters. The van der Waals surface area contributed by atoms with Gasteiger partial charge in [-0.25, -0.2) is 9.97 Å². The van der Waals surface area contributed by atoms with Crippen molar-refractivity contribution in [1.29, 1.82) is 10.5 Å². The number of nitrogens with zero attached hydrogens (tertiary/aromatic N) is 12. The zero-order chi connectivity index (χ0) is 65.6. The highest BCUT2D eigenvalue weighted by Crippen LogP contribution is 2.45. The third kappa shape index (κ3) is 7.18. The Labute approximate surface area is 568 Å². The largest absolute Gasteiger partial charge is 0.309 e. The van der Waals surface area contributed by atoms with Gasteiger partial charge in [-0.3, -0.25) is 17.9 Å². The number of aromatic nitrogens is 10. The normalized spacial score (nSPS) is 12.2. The minimum absolute atomic E-state index is 0.525. The summed E-state index contributed by atoms with van der Waals surface area (Å²) >= 11 is 0. The minimum atomic E-state index is 0.525. The van der Waals surface area contributed by atoms with Crippen molar-refractivity contribution in [3.8, 4) is 57.4 Å². The lowest BCUT2D eigenvalue weighted by Crippen LogP contribution is -2.04. The first-order valence-electron chi connectivity index (χ1n) is 33.5. The van der Waals surface area contributed by atoms with Crippen LogP contribution >= 0.6 is 0 Å². The fourth-order valence-corrected chi connectivity index (χ4v) is 16.8. The van der Waals surface area contributed by atoms with Crippen LogP contribution in [-0.4, -0.2) is 46.2 Å². The van der Waals surface area contributed by atoms with Crippen molar-refractivity contribution in [1.82, 2.24) is 46.2 Å². The van der Waals surface area contributed by atoms with E-state index in [9.17, 15) is 10.5 Å². The predicted molar refractivity (Wildman–Crippen MR) is 405 cm³/mol. The van der Waals surface area contributed by atoms with Crippen molar-refractivity contribution in [2.45, 2.75) is 0 Å². The molecule has 0 saturated heterocycles. The maximum Gasteiger partial charge on any atom is 0.220 e. The third-order valence-corrected chi connectivity index (χ3v) is 21.0. The first-order chi connectivity index (χ1) is 49.6. The molecule has 12 heteroatoms. The summed E-state index contributed by atoms with van der Waals surface area (Å²) in [4.78, 5) is 11.0. The monoisotopic (exact) mass is 1270 g/mol. The van der Waals surface area contributed by atoms with E-state index in [4.69, 9.17) is 9.97 Å². The Morgan fingerprint density at radius 1 is 0.240 bits per heavy atom. The highest BCUT2D eigenvalue weighted by atomic mass is 15.2. The lowest BCUT2D eigenvalue weighted by atomic mass is 10.0. The minimum Gasteiger partial charge on any atom is -0.309 e. The van der Waals surface area contributed by atoms with Crippen LogP contribution < -0.4 is 0 Å². The Balaban J connectivity index is 0.770. The molecule has 0 aliphatic rings. The molecule has 8 heterocycles. The molecule has 0 amide bonds. The molecule has 8 aromatic heterocycles. The second-order valence-corrected chi connectivity index (χ2v) is 25.9. The first kappa shape index (κ1) is 54.1. The van der Waals surface area contributed by atoms with Gasteiger partial charge in [0.05, 0.1) is 111 Å². The average Bonchev–Trinajstić information content (AvgIpc) is 1.55. The van der Waals surface area contributed by atoms with Crippen LogP contribution in [0.3, 0.4) is 0 Å². The maximum absolute atomic E-state index is 12.0. The zero-order valence-corrected chi connectivity index (χ0v) is 53.2. The van der Waals surface area contributed by atoms with Gasteiger partial charge in [0.2, 0.25) is 11.6 Å². The SMILES string of the molecule is N#Cc1c(-n2c3ccccc3c3cc(-n4c5ccccc5c5ccccc54)ccc32)cccc1-n1c2ccc(-n3c4ccccc4n4c5ccccc5nc34)cc2c2ccc(-c3cccc4c3nc3n(-c5cccc(-n6c7ccccc7c7ccccc76)c5C#N)c5ccccc5n43)cc21. The van der Waals surface area contributed by atoms with E-state index in [0.717, 1.165) is 172 Å². The lowest BCUT2D eigenvalue weighted by molar-refractivity contribution is 1.08. The van der Waals surface area contributed by atoms with E-state index in [-0.39, 0.29) is 0 Å². The molecule has 0 radical (unpaired) electrons. The molecule has 12 nitrogen and oxygen atoms in total. The fraction of sp³-hybridized carbons (Fsp3) is 0. The Hall–Kier alpha value is -14.2. The van der Waals surface area contributed by atoms with Gasteiger partial charge in [-0.2, -0.15) is 10.5 Å². The predicted octanol–water partition coefficient (Wildman–Crippen LogP) is 21.0. The lowest BCUT2D eigenvalue weighted by Gasteiger charge is -2.16. The van der Waals surface area contributed by atoms with Gasteiger partial charge in [0.15, 0.2) is 0 Å². The fourth-order valence-electron chi connectivity index (χ4n) is 16.8.